The van der Waals surface area contributed by atoms with Gasteiger partial charge in [-0.25, -0.2) is 0 Å². The highest BCUT2D eigenvalue weighted by atomic mass is 16.5. The SMILES string of the molecule is CCOc1ccccc1C(=O)NCC(=O)OC(C)C(=O)Nc1ccc(OCc2ccccc2)cc1. The maximum atomic E-state index is 12.4. The monoisotopic (exact) mass is 476 g/mol. The summed E-state index contributed by atoms with van der Waals surface area (Å²) in [4.78, 5) is 36.9. The molecule has 0 heterocycles. The molecule has 0 bridgehead atoms. The quantitative estimate of drug-likeness (QED) is 0.406. The maximum absolute atomic E-state index is 12.4. The minimum absolute atomic E-state index is 0.309. The molecule has 1 unspecified atom stereocenters. The van der Waals surface area contributed by atoms with Crippen molar-refractivity contribution in [1.29, 1.82) is 0 Å². The molecule has 0 saturated heterocycles. The maximum Gasteiger partial charge on any atom is 0.326 e. The zero-order chi connectivity index (χ0) is 25.0. The first-order valence-corrected chi connectivity index (χ1v) is 11.2. The van der Waals surface area contributed by atoms with Crippen LogP contribution in [0.25, 0.3) is 0 Å². The highest BCUT2D eigenvalue weighted by Gasteiger charge is 2.19. The van der Waals surface area contributed by atoms with E-state index in [9.17, 15) is 14.4 Å². The van der Waals surface area contributed by atoms with Crippen molar-refractivity contribution in [2.45, 2.75) is 26.6 Å². The Kier molecular flexibility index (Phi) is 9.24. The van der Waals surface area contributed by atoms with Crippen molar-refractivity contribution in [3.05, 3.63) is 90.0 Å². The van der Waals surface area contributed by atoms with Crippen LogP contribution in [-0.2, 0) is 20.9 Å². The molecule has 0 aromatic heterocycles. The Morgan fingerprint density at radius 2 is 1.54 bits per heavy atom. The number of carbonyl (C=O) groups is 3. The molecule has 3 aromatic rings. The van der Waals surface area contributed by atoms with E-state index in [1.807, 2.05) is 37.3 Å². The third-order valence-corrected chi connectivity index (χ3v) is 4.87. The molecular weight excluding hydrogens is 448 g/mol. The number of esters is 1. The van der Waals surface area contributed by atoms with Gasteiger partial charge in [-0.3, -0.25) is 14.4 Å². The Balaban J connectivity index is 1.43. The first-order valence-electron chi connectivity index (χ1n) is 11.2. The van der Waals surface area contributed by atoms with Crippen molar-refractivity contribution < 1.29 is 28.6 Å². The summed E-state index contributed by atoms with van der Waals surface area (Å²) < 4.78 is 16.3. The van der Waals surface area contributed by atoms with Gasteiger partial charge < -0.3 is 24.8 Å². The third kappa shape index (κ3) is 7.89. The number of benzene rings is 3. The normalized spacial score (nSPS) is 11.1. The van der Waals surface area contributed by atoms with Crippen molar-refractivity contribution in [3.63, 3.8) is 0 Å². The summed E-state index contributed by atoms with van der Waals surface area (Å²) in [6.45, 7) is 3.73. The Morgan fingerprint density at radius 3 is 2.26 bits per heavy atom. The average molecular weight is 477 g/mol. The molecule has 2 N–H and O–H groups in total. The molecule has 0 aliphatic rings. The molecule has 0 saturated carbocycles. The number of anilines is 1. The minimum Gasteiger partial charge on any atom is -0.493 e. The lowest BCUT2D eigenvalue weighted by atomic mass is 10.2. The van der Waals surface area contributed by atoms with Crippen LogP contribution in [-0.4, -0.2) is 37.0 Å². The van der Waals surface area contributed by atoms with E-state index in [0.717, 1.165) is 5.56 Å². The molecule has 0 fully saturated rings. The van der Waals surface area contributed by atoms with E-state index in [1.54, 1.807) is 48.5 Å². The van der Waals surface area contributed by atoms with E-state index in [0.29, 0.717) is 36.0 Å². The number of nitrogens with one attached hydrogen (secondary N) is 2. The molecular formula is C27H28N2O6. The van der Waals surface area contributed by atoms with Crippen molar-refractivity contribution in [3.8, 4) is 11.5 Å². The predicted octanol–water partition coefficient (Wildman–Crippen LogP) is 3.96. The van der Waals surface area contributed by atoms with Crippen LogP contribution in [0.5, 0.6) is 11.5 Å². The second-order valence-corrected chi connectivity index (χ2v) is 7.53. The molecule has 1 atom stereocenters. The van der Waals surface area contributed by atoms with E-state index >= 15 is 0 Å². The van der Waals surface area contributed by atoms with E-state index in [2.05, 4.69) is 10.6 Å². The summed E-state index contributed by atoms with van der Waals surface area (Å²) in [7, 11) is 0. The second kappa shape index (κ2) is 12.8. The molecule has 35 heavy (non-hydrogen) atoms. The van der Waals surface area contributed by atoms with Gasteiger partial charge in [-0.15, -0.1) is 0 Å². The van der Waals surface area contributed by atoms with Crippen molar-refractivity contribution in [2.75, 3.05) is 18.5 Å². The van der Waals surface area contributed by atoms with Gasteiger partial charge >= 0.3 is 5.97 Å². The Hall–Kier alpha value is -4.33. The van der Waals surface area contributed by atoms with Crippen LogP contribution >= 0.6 is 0 Å². The van der Waals surface area contributed by atoms with E-state index in [1.165, 1.54) is 6.92 Å². The van der Waals surface area contributed by atoms with Crippen LogP contribution in [0, 0.1) is 0 Å². The molecule has 8 nitrogen and oxygen atoms in total. The summed E-state index contributed by atoms with van der Waals surface area (Å²) in [6, 6.07) is 23.4. The van der Waals surface area contributed by atoms with Crippen molar-refractivity contribution >= 4 is 23.5 Å². The van der Waals surface area contributed by atoms with Gasteiger partial charge in [-0.05, 0) is 55.8 Å². The van der Waals surface area contributed by atoms with E-state index in [4.69, 9.17) is 14.2 Å². The van der Waals surface area contributed by atoms with Crippen LogP contribution in [0.15, 0.2) is 78.9 Å². The molecule has 3 aromatic carbocycles. The topological polar surface area (TPSA) is 103 Å². The third-order valence-electron chi connectivity index (χ3n) is 4.87. The lowest BCUT2D eigenvalue weighted by Gasteiger charge is -2.15. The molecule has 0 aliphatic carbocycles. The second-order valence-electron chi connectivity index (χ2n) is 7.53. The molecule has 2 amide bonds. The fourth-order valence-corrected chi connectivity index (χ4v) is 3.09. The van der Waals surface area contributed by atoms with Gasteiger partial charge in [-0.2, -0.15) is 0 Å². The van der Waals surface area contributed by atoms with Crippen LogP contribution < -0.4 is 20.1 Å². The minimum atomic E-state index is -1.05. The summed E-state index contributed by atoms with van der Waals surface area (Å²) in [5.41, 5.74) is 1.89. The number of ether oxygens (including phenoxy) is 3. The molecule has 3 rings (SSSR count). The Bertz CT molecular complexity index is 1130. The van der Waals surface area contributed by atoms with Gasteiger partial charge in [0.15, 0.2) is 6.10 Å². The Labute approximate surface area is 204 Å². The van der Waals surface area contributed by atoms with Gasteiger partial charge in [0.1, 0.15) is 24.7 Å². The summed E-state index contributed by atoms with van der Waals surface area (Å²) in [6.07, 6.45) is -1.05. The zero-order valence-electron chi connectivity index (χ0n) is 19.7. The zero-order valence-corrected chi connectivity index (χ0v) is 19.7. The smallest absolute Gasteiger partial charge is 0.326 e. The predicted molar refractivity (Wildman–Crippen MR) is 131 cm³/mol. The summed E-state index contributed by atoms with van der Waals surface area (Å²) in [5.74, 6) is -0.625. The average Bonchev–Trinajstić information content (AvgIpc) is 2.88. The lowest BCUT2D eigenvalue weighted by molar-refractivity contribution is -0.152. The van der Waals surface area contributed by atoms with Gasteiger partial charge in [0, 0.05) is 5.69 Å². The van der Waals surface area contributed by atoms with Crippen molar-refractivity contribution in [2.24, 2.45) is 0 Å². The number of amides is 2. The molecule has 0 spiro atoms. The largest absolute Gasteiger partial charge is 0.493 e. The molecule has 0 radical (unpaired) electrons. The van der Waals surface area contributed by atoms with Crippen LogP contribution in [0.1, 0.15) is 29.8 Å². The van der Waals surface area contributed by atoms with E-state index < -0.39 is 23.9 Å². The molecule has 0 aliphatic heterocycles. The first-order chi connectivity index (χ1) is 17.0. The van der Waals surface area contributed by atoms with Crippen LogP contribution in [0.4, 0.5) is 5.69 Å². The summed E-state index contributed by atoms with van der Waals surface area (Å²) in [5, 5.41) is 5.17. The fourth-order valence-electron chi connectivity index (χ4n) is 3.09. The highest BCUT2D eigenvalue weighted by molar-refractivity contribution is 5.99. The van der Waals surface area contributed by atoms with Gasteiger partial charge in [0.2, 0.25) is 0 Å². The van der Waals surface area contributed by atoms with Gasteiger partial charge in [0.25, 0.3) is 11.8 Å². The number of hydrogen-bond donors (Lipinski definition) is 2. The Morgan fingerprint density at radius 1 is 0.857 bits per heavy atom. The summed E-state index contributed by atoms with van der Waals surface area (Å²) >= 11 is 0. The number of rotatable bonds is 11. The van der Waals surface area contributed by atoms with Gasteiger partial charge in [0.05, 0.1) is 12.2 Å². The number of carbonyl (C=O) groups excluding carboxylic acids is 3. The molecule has 8 heteroatoms. The van der Waals surface area contributed by atoms with Gasteiger partial charge in [-0.1, -0.05) is 42.5 Å². The van der Waals surface area contributed by atoms with Crippen molar-refractivity contribution in [1.82, 2.24) is 5.32 Å². The van der Waals surface area contributed by atoms with E-state index in [-0.39, 0.29) is 6.54 Å². The first kappa shape index (κ1) is 25.3. The van der Waals surface area contributed by atoms with Crippen LogP contribution in [0.3, 0.4) is 0 Å². The molecule has 182 valence electrons. The number of hydrogen-bond acceptors (Lipinski definition) is 6. The fraction of sp³-hybridized carbons (Fsp3) is 0.222. The standard InChI is InChI=1S/C27H28N2O6/c1-3-33-24-12-8-7-11-23(24)27(32)28-17-25(30)35-19(2)26(31)29-21-13-15-22(16-14-21)34-18-20-9-5-4-6-10-20/h4-16,19H,3,17-18H2,1-2H3,(H,28,32)(H,29,31). The lowest BCUT2D eigenvalue weighted by Crippen LogP contribution is -2.36. The number of para-hydroxylation sites is 1. The highest BCUT2D eigenvalue weighted by Crippen LogP contribution is 2.18. The van der Waals surface area contributed by atoms with Crippen LogP contribution in [0.2, 0.25) is 0 Å².